The zero-order chi connectivity index (χ0) is 21.6. The van der Waals surface area contributed by atoms with E-state index in [-0.39, 0.29) is 12.4 Å². The van der Waals surface area contributed by atoms with Gasteiger partial charge >= 0.3 is 0 Å². The van der Waals surface area contributed by atoms with Gasteiger partial charge in [-0.05, 0) is 42.0 Å². The maximum atomic E-state index is 13.3. The highest BCUT2D eigenvalue weighted by Gasteiger charge is 2.12. The van der Waals surface area contributed by atoms with Crippen molar-refractivity contribution in [2.45, 2.75) is 12.2 Å². The lowest BCUT2D eigenvalue weighted by Crippen LogP contribution is -2.33. The Kier molecular flexibility index (Phi) is 6.57. The number of halogens is 1. The van der Waals surface area contributed by atoms with Crippen LogP contribution in [0.15, 0.2) is 77.3 Å². The third-order valence-corrected chi connectivity index (χ3v) is 4.91. The van der Waals surface area contributed by atoms with Crippen LogP contribution < -0.4 is 10.1 Å². The molecular formula is C24H23FN2O4. The number of ether oxygens (including phenoxy) is 1. The molecule has 0 aliphatic heterocycles. The van der Waals surface area contributed by atoms with E-state index in [9.17, 15) is 14.6 Å². The van der Waals surface area contributed by atoms with Crippen molar-refractivity contribution in [1.82, 2.24) is 10.5 Å². The number of aliphatic hydroxyl groups excluding tert-OH is 2. The molecule has 0 saturated heterocycles. The molecule has 2 atom stereocenters. The Bertz CT molecular complexity index is 1120. The second-order valence-corrected chi connectivity index (χ2v) is 7.25. The molecule has 4 rings (SSSR count). The van der Waals surface area contributed by atoms with Gasteiger partial charge in [-0.1, -0.05) is 35.5 Å². The highest BCUT2D eigenvalue weighted by molar-refractivity contribution is 5.91. The van der Waals surface area contributed by atoms with Crippen molar-refractivity contribution < 1.29 is 23.9 Å². The van der Waals surface area contributed by atoms with Crippen molar-refractivity contribution >= 4 is 11.0 Å². The summed E-state index contributed by atoms with van der Waals surface area (Å²) in [6.45, 7) is 0.745. The first-order valence-electron chi connectivity index (χ1n) is 10.00. The monoisotopic (exact) mass is 422 g/mol. The number of hydrogen-bond donors (Lipinski definition) is 3. The smallest absolute Gasteiger partial charge is 0.170 e. The van der Waals surface area contributed by atoms with Gasteiger partial charge < -0.3 is 24.8 Å². The lowest BCUT2D eigenvalue weighted by atomic mass is 10.1. The summed E-state index contributed by atoms with van der Waals surface area (Å²) in [4.78, 5) is 0. The van der Waals surface area contributed by atoms with E-state index >= 15 is 0 Å². The van der Waals surface area contributed by atoms with Crippen LogP contribution in [0.2, 0.25) is 0 Å². The van der Waals surface area contributed by atoms with Crippen LogP contribution in [-0.2, 0) is 0 Å². The number of aliphatic hydroxyl groups is 2. The molecule has 1 aromatic heterocycles. The molecule has 4 aromatic rings. The third-order valence-electron chi connectivity index (χ3n) is 4.91. The molecule has 0 amide bonds. The van der Waals surface area contributed by atoms with Gasteiger partial charge in [-0.3, -0.25) is 0 Å². The summed E-state index contributed by atoms with van der Waals surface area (Å²) in [6, 6.07) is 20.9. The van der Waals surface area contributed by atoms with Crippen molar-refractivity contribution in [3.8, 4) is 17.0 Å². The van der Waals surface area contributed by atoms with Crippen molar-refractivity contribution in [1.29, 1.82) is 0 Å². The summed E-state index contributed by atoms with van der Waals surface area (Å²) < 4.78 is 24.1. The van der Waals surface area contributed by atoms with Crippen molar-refractivity contribution in [2.75, 3.05) is 19.7 Å². The van der Waals surface area contributed by atoms with Crippen LogP contribution in [0.25, 0.3) is 22.2 Å². The first kappa shape index (κ1) is 21.0. The van der Waals surface area contributed by atoms with E-state index in [0.717, 1.165) is 16.5 Å². The van der Waals surface area contributed by atoms with Gasteiger partial charge in [-0.2, -0.15) is 0 Å². The van der Waals surface area contributed by atoms with Gasteiger partial charge in [0.2, 0.25) is 0 Å². The zero-order valence-electron chi connectivity index (χ0n) is 16.7. The minimum absolute atomic E-state index is 0.111. The number of aromatic nitrogens is 1. The van der Waals surface area contributed by atoms with Crippen LogP contribution in [0.3, 0.4) is 0 Å². The molecule has 1 heterocycles. The molecule has 160 valence electrons. The SMILES string of the molecule is OC(CNC[C@H](O)COc1ccc(-c2noc3cc(F)ccc23)cc1)c1ccccc1. The van der Waals surface area contributed by atoms with Crippen molar-refractivity contribution in [2.24, 2.45) is 0 Å². The number of hydrogen-bond acceptors (Lipinski definition) is 6. The van der Waals surface area contributed by atoms with Crippen molar-refractivity contribution in [3.63, 3.8) is 0 Å². The summed E-state index contributed by atoms with van der Waals surface area (Å²) in [5.74, 6) is 0.229. The van der Waals surface area contributed by atoms with Crippen LogP contribution >= 0.6 is 0 Å². The molecule has 31 heavy (non-hydrogen) atoms. The fourth-order valence-corrected chi connectivity index (χ4v) is 3.26. The van der Waals surface area contributed by atoms with Crippen LogP contribution in [0.4, 0.5) is 4.39 Å². The molecule has 0 bridgehead atoms. The molecule has 0 fully saturated rings. The average molecular weight is 422 g/mol. The highest BCUT2D eigenvalue weighted by atomic mass is 19.1. The standard InChI is InChI=1S/C24H23FN2O4/c25-18-8-11-21-23(12-18)31-27-24(21)17-6-9-20(10-7-17)30-15-19(28)13-26-14-22(29)16-4-2-1-3-5-16/h1-12,19,22,26,28-29H,13-15H2/t19-,22?/m0/s1. The van der Waals surface area contributed by atoms with E-state index in [1.807, 2.05) is 42.5 Å². The normalized spacial score (nSPS) is 13.3. The average Bonchev–Trinajstić information content (AvgIpc) is 3.21. The Morgan fingerprint density at radius 2 is 1.74 bits per heavy atom. The van der Waals surface area contributed by atoms with Gasteiger partial charge in [0.25, 0.3) is 0 Å². The van der Waals surface area contributed by atoms with Gasteiger partial charge in [0.05, 0.1) is 6.10 Å². The summed E-state index contributed by atoms with van der Waals surface area (Å²) in [6.07, 6.45) is -1.36. The lowest BCUT2D eigenvalue weighted by molar-refractivity contribution is 0.0996. The van der Waals surface area contributed by atoms with E-state index in [2.05, 4.69) is 10.5 Å². The fourth-order valence-electron chi connectivity index (χ4n) is 3.26. The Morgan fingerprint density at radius 1 is 0.968 bits per heavy atom. The molecule has 0 spiro atoms. The third kappa shape index (κ3) is 5.27. The van der Waals surface area contributed by atoms with E-state index in [1.165, 1.54) is 12.1 Å². The highest BCUT2D eigenvalue weighted by Crippen LogP contribution is 2.29. The van der Waals surface area contributed by atoms with Crippen LogP contribution in [0, 0.1) is 5.82 Å². The maximum Gasteiger partial charge on any atom is 0.170 e. The van der Waals surface area contributed by atoms with Crippen LogP contribution in [0.1, 0.15) is 11.7 Å². The van der Waals surface area contributed by atoms with Gasteiger partial charge in [-0.15, -0.1) is 0 Å². The largest absolute Gasteiger partial charge is 0.491 e. The van der Waals surface area contributed by atoms with Gasteiger partial charge in [0.1, 0.15) is 30.0 Å². The van der Waals surface area contributed by atoms with Crippen LogP contribution in [-0.4, -0.2) is 41.2 Å². The zero-order valence-corrected chi connectivity index (χ0v) is 16.7. The Morgan fingerprint density at radius 3 is 2.52 bits per heavy atom. The quantitative estimate of drug-likeness (QED) is 0.381. The number of rotatable bonds is 9. The van der Waals surface area contributed by atoms with Gasteiger partial charge in [0, 0.05) is 30.1 Å². The Hall–Kier alpha value is -3.26. The predicted octanol–water partition coefficient (Wildman–Crippen LogP) is 3.70. The Labute approximate surface area is 178 Å². The van der Waals surface area contributed by atoms with E-state index in [0.29, 0.717) is 30.1 Å². The minimum Gasteiger partial charge on any atom is -0.491 e. The van der Waals surface area contributed by atoms with E-state index < -0.39 is 12.2 Å². The molecule has 0 aliphatic carbocycles. The molecule has 1 unspecified atom stereocenters. The molecule has 3 aromatic carbocycles. The van der Waals surface area contributed by atoms with Gasteiger partial charge in [-0.25, -0.2) is 4.39 Å². The molecule has 0 saturated carbocycles. The summed E-state index contributed by atoms with van der Waals surface area (Å²) in [7, 11) is 0. The summed E-state index contributed by atoms with van der Waals surface area (Å²) in [5, 5.41) is 28.0. The number of nitrogens with zero attached hydrogens (tertiary/aromatic N) is 1. The molecule has 6 nitrogen and oxygen atoms in total. The Balaban J connectivity index is 1.26. The summed E-state index contributed by atoms with van der Waals surface area (Å²) in [5.41, 5.74) is 2.66. The fraction of sp³-hybridized carbons (Fsp3) is 0.208. The van der Waals surface area contributed by atoms with Crippen molar-refractivity contribution in [3.05, 3.63) is 84.2 Å². The number of benzene rings is 3. The second kappa shape index (κ2) is 9.70. The predicted molar refractivity (Wildman–Crippen MR) is 115 cm³/mol. The maximum absolute atomic E-state index is 13.3. The second-order valence-electron chi connectivity index (χ2n) is 7.25. The lowest BCUT2D eigenvalue weighted by Gasteiger charge is -2.16. The minimum atomic E-state index is -0.725. The molecule has 3 N–H and O–H groups in total. The van der Waals surface area contributed by atoms with E-state index in [1.54, 1.807) is 18.2 Å². The molecule has 0 radical (unpaired) electrons. The van der Waals surface area contributed by atoms with E-state index in [4.69, 9.17) is 9.26 Å². The van der Waals surface area contributed by atoms with Crippen LogP contribution in [0.5, 0.6) is 5.75 Å². The summed E-state index contributed by atoms with van der Waals surface area (Å²) >= 11 is 0. The van der Waals surface area contributed by atoms with Gasteiger partial charge in [0.15, 0.2) is 5.58 Å². The number of nitrogens with one attached hydrogen (secondary N) is 1. The molecule has 0 aliphatic rings. The topological polar surface area (TPSA) is 87.8 Å². The first-order chi connectivity index (χ1) is 15.1. The molecule has 7 heteroatoms. The molecular weight excluding hydrogens is 399 g/mol. The first-order valence-corrected chi connectivity index (χ1v) is 10.00. The number of fused-ring (bicyclic) bond motifs is 1.